The molecule has 2 amide bonds. The van der Waals surface area contributed by atoms with Crippen molar-refractivity contribution in [2.75, 3.05) is 33.2 Å². The Bertz CT molecular complexity index is 447. The summed E-state index contributed by atoms with van der Waals surface area (Å²) in [5.74, 6) is -0.0707. The molecule has 0 radical (unpaired) electrons. The lowest BCUT2D eigenvalue weighted by atomic mass is 10.2. The molecule has 2 rings (SSSR count). The van der Waals surface area contributed by atoms with Gasteiger partial charge in [-0.25, -0.2) is 0 Å². The quantitative estimate of drug-likeness (QED) is 0.835. The zero-order valence-electron chi connectivity index (χ0n) is 11.1. The van der Waals surface area contributed by atoms with E-state index in [1.807, 2.05) is 42.3 Å². The number of rotatable bonds is 4. The molecule has 0 spiro atoms. The third-order valence-electron chi connectivity index (χ3n) is 3.09. The summed E-state index contributed by atoms with van der Waals surface area (Å²) < 4.78 is 0. The molecule has 1 N–H and O–H groups in total. The normalized spacial score (nSPS) is 15.5. The second-order valence-corrected chi connectivity index (χ2v) is 4.82. The molecule has 1 aliphatic rings. The summed E-state index contributed by atoms with van der Waals surface area (Å²) in [7, 11) is 1.91. The van der Waals surface area contributed by atoms with Crippen molar-refractivity contribution in [3.8, 4) is 0 Å². The second kappa shape index (κ2) is 6.33. The third-order valence-corrected chi connectivity index (χ3v) is 3.09. The van der Waals surface area contributed by atoms with Gasteiger partial charge in [-0.1, -0.05) is 30.3 Å². The Balaban J connectivity index is 1.83. The van der Waals surface area contributed by atoms with Crippen molar-refractivity contribution in [3.05, 3.63) is 35.9 Å². The third kappa shape index (κ3) is 4.06. The number of nitrogens with one attached hydrogen (secondary N) is 1. The fourth-order valence-corrected chi connectivity index (χ4v) is 2.13. The van der Waals surface area contributed by atoms with E-state index in [4.69, 9.17) is 0 Å². The van der Waals surface area contributed by atoms with Gasteiger partial charge in [-0.05, 0) is 12.6 Å². The molecule has 0 saturated carbocycles. The van der Waals surface area contributed by atoms with Gasteiger partial charge in [0.2, 0.25) is 11.8 Å². The molecule has 1 heterocycles. The first-order chi connectivity index (χ1) is 9.15. The number of piperazine rings is 1. The van der Waals surface area contributed by atoms with E-state index in [-0.39, 0.29) is 18.4 Å². The SMILES string of the molecule is CN(CC(=O)N1CCNC(=O)C1)Cc1ccccc1. The molecular formula is C14H19N3O2. The van der Waals surface area contributed by atoms with Crippen LogP contribution in [0, 0.1) is 0 Å². The number of carbonyl (C=O) groups is 2. The predicted molar refractivity (Wildman–Crippen MR) is 72.4 cm³/mol. The van der Waals surface area contributed by atoms with Crippen LogP contribution in [-0.2, 0) is 16.1 Å². The number of nitrogens with zero attached hydrogens (tertiary/aromatic N) is 2. The van der Waals surface area contributed by atoms with Gasteiger partial charge in [-0.15, -0.1) is 0 Å². The highest BCUT2D eigenvalue weighted by Crippen LogP contribution is 2.03. The fraction of sp³-hybridized carbons (Fsp3) is 0.429. The van der Waals surface area contributed by atoms with Crippen LogP contribution in [0.15, 0.2) is 30.3 Å². The molecule has 1 fully saturated rings. The van der Waals surface area contributed by atoms with E-state index in [2.05, 4.69) is 5.32 Å². The minimum Gasteiger partial charge on any atom is -0.353 e. The van der Waals surface area contributed by atoms with E-state index in [0.717, 1.165) is 6.54 Å². The van der Waals surface area contributed by atoms with Crippen LogP contribution in [0.5, 0.6) is 0 Å². The Hall–Kier alpha value is -1.88. The van der Waals surface area contributed by atoms with Gasteiger partial charge >= 0.3 is 0 Å². The molecule has 1 aromatic carbocycles. The van der Waals surface area contributed by atoms with Gasteiger partial charge in [0, 0.05) is 19.6 Å². The summed E-state index contributed by atoms with van der Waals surface area (Å²) in [5.41, 5.74) is 1.18. The number of hydrogen-bond donors (Lipinski definition) is 1. The van der Waals surface area contributed by atoms with Gasteiger partial charge in [0.05, 0.1) is 13.1 Å². The summed E-state index contributed by atoms with van der Waals surface area (Å²) in [6.07, 6.45) is 0. The molecule has 19 heavy (non-hydrogen) atoms. The van der Waals surface area contributed by atoms with E-state index in [9.17, 15) is 9.59 Å². The highest BCUT2D eigenvalue weighted by atomic mass is 16.2. The van der Waals surface area contributed by atoms with Crippen molar-refractivity contribution in [2.45, 2.75) is 6.54 Å². The van der Waals surface area contributed by atoms with E-state index < -0.39 is 0 Å². The average Bonchev–Trinajstić information content (AvgIpc) is 2.39. The van der Waals surface area contributed by atoms with Crippen molar-refractivity contribution in [3.63, 3.8) is 0 Å². The van der Waals surface area contributed by atoms with Gasteiger partial charge in [0.15, 0.2) is 0 Å². The van der Waals surface area contributed by atoms with E-state index >= 15 is 0 Å². The lowest BCUT2D eigenvalue weighted by Crippen LogP contribution is -2.52. The van der Waals surface area contributed by atoms with Crippen LogP contribution >= 0.6 is 0 Å². The minimum atomic E-state index is -0.0784. The summed E-state index contributed by atoms with van der Waals surface area (Å²) in [6.45, 7) is 2.39. The fourth-order valence-electron chi connectivity index (χ4n) is 2.13. The zero-order valence-corrected chi connectivity index (χ0v) is 11.1. The van der Waals surface area contributed by atoms with Crippen LogP contribution in [0.4, 0.5) is 0 Å². The van der Waals surface area contributed by atoms with Crippen molar-refractivity contribution >= 4 is 11.8 Å². The summed E-state index contributed by atoms with van der Waals surface area (Å²) in [4.78, 5) is 26.9. The van der Waals surface area contributed by atoms with Crippen LogP contribution in [0.25, 0.3) is 0 Å². The summed E-state index contributed by atoms with van der Waals surface area (Å²) in [6, 6.07) is 10.0. The summed E-state index contributed by atoms with van der Waals surface area (Å²) >= 11 is 0. The lowest BCUT2D eigenvalue weighted by Gasteiger charge is -2.28. The molecule has 0 bridgehead atoms. The van der Waals surface area contributed by atoms with Crippen LogP contribution < -0.4 is 5.32 Å². The Kier molecular flexibility index (Phi) is 4.52. The highest BCUT2D eigenvalue weighted by molar-refractivity contribution is 5.86. The highest BCUT2D eigenvalue weighted by Gasteiger charge is 2.21. The first kappa shape index (κ1) is 13.5. The van der Waals surface area contributed by atoms with Gasteiger partial charge in [-0.3, -0.25) is 14.5 Å². The molecule has 5 heteroatoms. The van der Waals surface area contributed by atoms with Gasteiger partial charge in [0.1, 0.15) is 0 Å². The molecule has 0 aliphatic carbocycles. The van der Waals surface area contributed by atoms with Crippen LogP contribution in [0.1, 0.15) is 5.56 Å². The van der Waals surface area contributed by atoms with E-state index in [1.54, 1.807) is 4.90 Å². The molecule has 0 unspecified atom stereocenters. The van der Waals surface area contributed by atoms with Gasteiger partial charge in [0.25, 0.3) is 0 Å². The number of hydrogen-bond acceptors (Lipinski definition) is 3. The first-order valence-electron chi connectivity index (χ1n) is 6.42. The Morgan fingerprint density at radius 1 is 1.37 bits per heavy atom. The maximum absolute atomic E-state index is 12.0. The number of amides is 2. The van der Waals surface area contributed by atoms with Crippen molar-refractivity contribution in [2.24, 2.45) is 0 Å². The Morgan fingerprint density at radius 2 is 2.11 bits per heavy atom. The van der Waals surface area contributed by atoms with Gasteiger partial charge in [-0.2, -0.15) is 0 Å². The Morgan fingerprint density at radius 3 is 2.79 bits per heavy atom. The first-order valence-corrected chi connectivity index (χ1v) is 6.42. The molecule has 5 nitrogen and oxygen atoms in total. The molecule has 1 aromatic rings. The molecule has 1 aliphatic heterocycles. The van der Waals surface area contributed by atoms with E-state index in [0.29, 0.717) is 19.6 Å². The Labute approximate surface area is 113 Å². The second-order valence-electron chi connectivity index (χ2n) is 4.82. The standard InChI is InChI=1S/C14H19N3O2/c1-16(9-12-5-3-2-4-6-12)11-14(19)17-8-7-15-13(18)10-17/h2-6H,7-11H2,1H3,(H,15,18). The molecule has 0 atom stereocenters. The topological polar surface area (TPSA) is 52.7 Å². The molecule has 1 saturated heterocycles. The maximum Gasteiger partial charge on any atom is 0.239 e. The molecule has 102 valence electrons. The van der Waals surface area contributed by atoms with Crippen LogP contribution in [0.2, 0.25) is 0 Å². The van der Waals surface area contributed by atoms with Crippen molar-refractivity contribution in [1.29, 1.82) is 0 Å². The zero-order chi connectivity index (χ0) is 13.7. The molecule has 0 aromatic heterocycles. The average molecular weight is 261 g/mol. The monoisotopic (exact) mass is 261 g/mol. The number of benzene rings is 1. The van der Waals surface area contributed by atoms with Gasteiger partial charge < -0.3 is 10.2 Å². The van der Waals surface area contributed by atoms with Crippen molar-refractivity contribution in [1.82, 2.24) is 15.1 Å². The maximum atomic E-state index is 12.0. The number of likely N-dealkylation sites (N-methyl/N-ethyl adjacent to an activating group) is 1. The minimum absolute atomic E-state index is 0.00767. The summed E-state index contributed by atoms with van der Waals surface area (Å²) in [5, 5.41) is 2.71. The van der Waals surface area contributed by atoms with Crippen molar-refractivity contribution < 1.29 is 9.59 Å². The van der Waals surface area contributed by atoms with Crippen LogP contribution in [-0.4, -0.2) is 54.8 Å². The smallest absolute Gasteiger partial charge is 0.239 e. The molecular weight excluding hydrogens is 242 g/mol. The largest absolute Gasteiger partial charge is 0.353 e. The van der Waals surface area contributed by atoms with E-state index in [1.165, 1.54) is 5.56 Å². The van der Waals surface area contributed by atoms with Crippen LogP contribution in [0.3, 0.4) is 0 Å². The number of carbonyl (C=O) groups excluding carboxylic acids is 2. The predicted octanol–water partition coefficient (Wildman–Crippen LogP) is 0.0768. The lowest BCUT2D eigenvalue weighted by molar-refractivity contribution is -0.138.